The second-order valence-corrected chi connectivity index (χ2v) is 9.29. The molecule has 0 aromatic heterocycles. The molecule has 0 bridgehead atoms. The van der Waals surface area contributed by atoms with Gasteiger partial charge in [0.1, 0.15) is 0 Å². The van der Waals surface area contributed by atoms with Gasteiger partial charge in [-0.15, -0.1) is 0 Å². The highest BCUT2D eigenvalue weighted by Crippen LogP contribution is 2.13. The Morgan fingerprint density at radius 3 is 1.43 bits per heavy atom. The Balaban J connectivity index is 0. The maximum Gasteiger partial charge on any atom is 0.305 e. The van der Waals surface area contributed by atoms with E-state index in [0.717, 1.165) is 23.9 Å². The third kappa shape index (κ3) is 25.7. The number of nitrogens with zero attached hydrogens (tertiary/aromatic N) is 1. The number of hydrogen-bond donors (Lipinski definition) is 0. The number of rotatable bonds is 20. The number of esters is 1. The van der Waals surface area contributed by atoms with Gasteiger partial charge in [0.2, 0.25) is 0 Å². The van der Waals surface area contributed by atoms with Crippen molar-refractivity contribution in [2.75, 3.05) is 34.3 Å². The van der Waals surface area contributed by atoms with Crippen molar-refractivity contribution >= 4 is 5.97 Å². The van der Waals surface area contributed by atoms with Gasteiger partial charge in [0.25, 0.3) is 0 Å². The van der Waals surface area contributed by atoms with Crippen molar-refractivity contribution < 1.29 is 26.4 Å². The van der Waals surface area contributed by atoms with Crippen LogP contribution in [0, 0.1) is 0 Å². The third-order valence-electron chi connectivity index (χ3n) is 5.22. The van der Waals surface area contributed by atoms with Crippen molar-refractivity contribution in [1.82, 2.24) is 0 Å². The minimum absolute atomic E-state index is 0. The average Bonchev–Trinajstić information content (AvgIpc) is 2.61. The minimum atomic E-state index is -0.00824. The second kappa shape index (κ2) is 21.4. The van der Waals surface area contributed by atoms with Gasteiger partial charge in [-0.2, -0.15) is 0 Å². The van der Waals surface area contributed by atoms with E-state index in [9.17, 15) is 4.79 Å². The molecule has 0 saturated carbocycles. The second-order valence-electron chi connectivity index (χ2n) is 9.29. The summed E-state index contributed by atoms with van der Waals surface area (Å²) < 4.78 is 6.23. The zero-order chi connectivity index (χ0) is 20.2. The van der Waals surface area contributed by atoms with Crippen molar-refractivity contribution in [3.05, 3.63) is 0 Å². The first-order valence-electron chi connectivity index (χ1n) is 11.9. The molecule has 0 N–H and O–H groups in total. The van der Waals surface area contributed by atoms with Crippen LogP contribution in [0.25, 0.3) is 0 Å². The predicted octanol–water partition coefficient (Wildman–Crippen LogP) is 3.89. The van der Waals surface area contributed by atoms with Crippen LogP contribution in [0.1, 0.15) is 116 Å². The lowest BCUT2D eigenvalue weighted by atomic mass is 10.0. The number of ether oxygens (including phenoxy) is 1. The number of carbonyl (C=O) groups excluding carboxylic acids is 1. The van der Waals surface area contributed by atoms with Crippen LogP contribution in [0.15, 0.2) is 0 Å². The topological polar surface area (TPSA) is 26.3 Å². The smallest absolute Gasteiger partial charge is 0.305 e. The number of quaternary nitrogens is 1. The highest BCUT2D eigenvalue weighted by Gasteiger charge is 2.07. The van der Waals surface area contributed by atoms with Crippen LogP contribution in [-0.4, -0.2) is 44.7 Å². The van der Waals surface area contributed by atoms with Crippen molar-refractivity contribution in [2.45, 2.75) is 116 Å². The van der Waals surface area contributed by atoms with E-state index in [2.05, 4.69) is 28.1 Å². The fourth-order valence-corrected chi connectivity index (χ4v) is 3.44. The Kier molecular flexibility index (Phi) is 22.9. The normalized spacial score (nSPS) is 11.3. The van der Waals surface area contributed by atoms with E-state index in [1.54, 1.807) is 0 Å². The Morgan fingerprint density at radius 2 is 1.04 bits per heavy atom. The van der Waals surface area contributed by atoms with Crippen LogP contribution in [0.3, 0.4) is 0 Å². The average molecular weight is 420 g/mol. The summed E-state index contributed by atoms with van der Waals surface area (Å²) in [7, 11) is 6.49. The summed E-state index contributed by atoms with van der Waals surface area (Å²) in [5.74, 6) is -0.00824. The molecule has 4 heteroatoms. The van der Waals surface area contributed by atoms with Gasteiger partial charge < -0.3 is 21.6 Å². The van der Waals surface area contributed by atoms with Crippen LogP contribution < -0.4 is 12.4 Å². The van der Waals surface area contributed by atoms with E-state index >= 15 is 0 Å². The zero-order valence-electron chi connectivity index (χ0n) is 19.6. The van der Waals surface area contributed by atoms with Crippen LogP contribution in [0.2, 0.25) is 0 Å². The Bertz CT molecular complexity index is 329. The molecule has 0 aromatic carbocycles. The standard InChI is InChI=1S/C24H50NO2.ClH/c1-5-6-7-8-9-10-11-12-13-14-15-16-17-18-19-21-24(26)27-23-20-22-25(2,3)4;/h5-23H2,1-4H3;1H/q+1;/p-1. The molecule has 0 amide bonds. The molecule has 28 heavy (non-hydrogen) atoms. The Morgan fingerprint density at radius 1 is 0.643 bits per heavy atom. The molecule has 0 saturated heterocycles. The molecule has 0 atom stereocenters. The number of halogens is 1. The summed E-state index contributed by atoms with van der Waals surface area (Å²) in [5, 5.41) is 0. The maximum absolute atomic E-state index is 11.7. The van der Waals surface area contributed by atoms with Crippen LogP contribution in [0.5, 0.6) is 0 Å². The number of hydrogen-bond acceptors (Lipinski definition) is 2. The van der Waals surface area contributed by atoms with Crippen LogP contribution in [-0.2, 0) is 9.53 Å². The van der Waals surface area contributed by atoms with Crippen molar-refractivity contribution in [3.8, 4) is 0 Å². The largest absolute Gasteiger partial charge is 1.00 e. The first-order valence-corrected chi connectivity index (χ1v) is 11.9. The van der Waals surface area contributed by atoms with Gasteiger partial charge in [-0.25, -0.2) is 0 Å². The highest BCUT2D eigenvalue weighted by atomic mass is 35.5. The molecule has 0 radical (unpaired) electrons. The van der Waals surface area contributed by atoms with E-state index in [1.165, 1.54) is 89.9 Å². The van der Waals surface area contributed by atoms with E-state index in [4.69, 9.17) is 4.74 Å². The highest BCUT2D eigenvalue weighted by molar-refractivity contribution is 5.69. The summed E-state index contributed by atoms with van der Waals surface area (Å²) in [6.07, 6.45) is 21.9. The maximum atomic E-state index is 11.7. The van der Waals surface area contributed by atoms with E-state index in [0.29, 0.717) is 13.0 Å². The van der Waals surface area contributed by atoms with Gasteiger partial charge in [0, 0.05) is 12.8 Å². The van der Waals surface area contributed by atoms with Crippen LogP contribution in [0.4, 0.5) is 0 Å². The SMILES string of the molecule is CCCCCCCCCCCCCCCCCC(=O)OCCC[N+](C)(C)C.[Cl-]. The zero-order valence-corrected chi connectivity index (χ0v) is 20.3. The Labute approximate surface area is 183 Å². The molecule has 0 unspecified atom stereocenters. The van der Waals surface area contributed by atoms with Gasteiger partial charge in [-0.05, 0) is 6.42 Å². The molecule has 170 valence electrons. The fourth-order valence-electron chi connectivity index (χ4n) is 3.44. The van der Waals surface area contributed by atoms with E-state index < -0.39 is 0 Å². The molecule has 0 aliphatic rings. The van der Waals surface area contributed by atoms with Gasteiger partial charge >= 0.3 is 5.97 Å². The lowest BCUT2D eigenvalue weighted by Gasteiger charge is -2.23. The predicted molar refractivity (Wildman–Crippen MR) is 118 cm³/mol. The summed E-state index contributed by atoms with van der Waals surface area (Å²) >= 11 is 0. The lowest BCUT2D eigenvalue weighted by Crippen LogP contribution is -3.00. The molecule has 0 heterocycles. The van der Waals surface area contributed by atoms with Crippen molar-refractivity contribution in [3.63, 3.8) is 0 Å². The van der Waals surface area contributed by atoms with Gasteiger partial charge in [-0.1, -0.05) is 96.8 Å². The lowest BCUT2D eigenvalue weighted by molar-refractivity contribution is -0.870. The summed E-state index contributed by atoms with van der Waals surface area (Å²) in [5.41, 5.74) is 0. The molecular weight excluding hydrogens is 370 g/mol. The fraction of sp³-hybridized carbons (Fsp3) is 0.958. The molecule has 0 fully saturated rings. The summed E-state index contributed by atoms with van der Waals surface area (Å²) in [6.45, 7) is 3.91. The molecular formula is C24H50ClNO2. The summed E-state index contributed by atoms with van der Waals surface area (Å²) in [6, 6.07) is 0. The summed E-state index contributed by atoms with van der Waals surface area (Å²) in [4.78, 5) is 11.7. The molecule has 3 nitrogen and oxygen atoms in total. The number of unbranched alkanes of at least 4 members (excludes halogenated alkanes) is 14. The molecule has 0 rings (SSSR count). The molecule has 0 aliphatic carbocycles. The first-order chi connectivity index (χ1) is 13.0. The van der Waals surface area contributed by atoms with Gasteiger partial charge in [0.05, 0.1) is 34.3 Å². The van der Waals surface area contributed by atoms with Gasteiger partial charge in [0.15, 0.2) is 0 Å². The quantitative estimate of drug-likeness (QED) is 0.170. The molecule has 0 aromatic rings. The first kappa shape index (κ1) is 29.9. The minimum Gasteiger partial charge on any atom is -1.00 e. The van der Waals surface area contributed by atoms with Crippen molar-refractivity contribution in [2.24, 2.45) is 0 Å². The van der Waals surface area contributed by atoms with Crippen molar-refractivity contribution in [1.29, 1.82) is 0 Å². The van der Waals surface area contributed by atoms with E-state index in [1.807, 2.05) is 0 Å². The number of carbonyl (C=O) groups is 1. The monoisotopic (exact) mass is 419 g/mol. The molecule has 0 spiro atoms. The van der Waals surface area contributed by atoms with E-state index in [-0.39, 0.29) is 18.4 Å². The Hall–Kier alpha value is -0.280. The molecule has 0 aliphatic heterocycles. The third-order valence-corrected chi connectivity index (χ3v) is 5.22. The van der Waals surface area contributed by atoms with Gasteiger partial charge in [-0.3, -0.25) is 4.79 Å². The van der Waals surface area contributed by atoms with Crippen LogP contribution >= 0.6 is 0 Å².